The number of carbonyl (C=O) groups excluding carboxylic acids is 1. The molecule has 10 heavy (non-hydrogen) atoms. The number of nitrogens with zero attached hydrogens (tertiary/aromatic N) is 1. The molecule has 0 aromatic heterocycles. The Bertz CT molecular complexity index is 190. The third-order valence-electron chi connectivity index (χ3n) is 0.821. The summed E-state index contributed by atoms with van der Waals surface area (Å²) in [4.78, 5) is 10.5. The molecule has 0 radical (unpaired) electrons. The number of methoxy groups -OCH3 is 1. The minimum Gasteiger partial charge on any atom is -0.465 e. The lowest BCUT2D eigenvalue weighted by atomic mass is 10.3. The van der Waals surface area contributed by atoms with Crippen LogP contribution in [0.4, 0.5) is 0 Å². The van der Waals surface area contributed by atoms with Gasteiger partial charge in [0.2, 0.25) is 0 Å². The molecule has 0 rings (SSSR count). The molecule has 0 amide bonds. The van der Waals surface area contributed by atoms with Crippen molar-refractivity contribution in [1.82, 2.24) is 0 Å². The molecular weight excluding hydrogens is 134 g/mol. The van der Waals surface area contributed by atoms with E-state index in [2.05, 4.69) is 4.74 Å². The Hall–Kier alpha value is -1.34. The summed E-state index contributed by atoms with van der Waals surface area (Å²) in [5, 5.41) is 16.5. The first-order chi connectivity index (χ1) is 4.76. The van der Waals surface area contributed by atoms with Crippen molar-refractivity contribution < 1.29 is 14.6 Å². The van der Waals surface area contributed by atoms with E-state index in [1.807, 2.05) is 0 Å². The second kappa shape index (κ2) is 4.53. The Labute approximate surface area is 58.3 Å². The van der Waals surface area contributed by atoms with Gasteiger partial charge < -0.3 is 9.84 Å². The van der Waals surface area contributed by atoms with Crippen molar-refractivity contribution >= 4 is 5.97 Å². The molecule has 0 bridgehead atoms. The molecule has 1 N–H and O–H groups in total. The number of hydrogen-bond donors (Lipinski definition) is 1. The third kappa shape index (κ3) is 2.29. The van der Waals surface area contributed by atoms with Crippen molar-refractivity contribution in [2.24, 2.45) is 0 Å². The van der Waals surface area contributed by atoms with Gasteiger partial charge in [0, 0.05) is 0 Å². The fourth-order valence-electron chi connectivity index (χ4n) is 0.376. The van der Waals surface area contributed by atoms with E-state index in [1.54, 1.807) is 6.07 Å². The van der Waals surface area contributed by atoms with Crippen molar-refractivity contribution in [3.8, 4) is 6.07 Å². The molecule has 54 valence electrons. The van der Waals surface area contributed by atoms with Gasteiger partial charge in [0.1, 0.15) is 11.6 Å². The Balaban J connectivity index is 4.25. The van der Waals surface area contributed by atoms with Gasteiger partial charge in [0.25, 0.3) is 0 Å². The van der Waals surface area contributed by atoms with Crippen LogP contribution in [0.1, 0.15) is 0 Å². The lowest BCUT2D eigenvalue weighted by Crippen LogP contribution is -2.03. The SMILES string of the molecule is COC(=O)/C(C#N)=C/CO. The number of carbonyl (C=O) groups is 1. The fraction of sp³-hybridized carbons (Fsp3) is 0.333. The van der Waals surface area contributed by atoms with E-state index >= 15 is 0 Å². The van der Waals surface area contributed by atoms with Crippen molar-refractivity contribution in [1.29, 1.82) is 5.26 Å². The zero-order valence-corrected chi connectivity index (χ0v) is 5.50. The van der Waals surface area contributed by atoms with Gasteiger partial charge in [-0.15, -0.1) is 0 Å². The molecule has 4 nitrogen and oxygen atoms in total. The predicted molar refractivity (Wildman–Crippen MR) is 32.8 cm³/mol. The quantitative estimate of drug-likeness (QED) is 0.323. The highest BCUT2D eigenvalue weighted by molar-refractivity contribution is 5.92. The Morgan fingerprint density at radius 3 is 2.80 bits per heavy atom. The zero-order valence-electron chi connectivity index (χ0n) is 5.50. The van der Waals surface area contributed by atoms with Gasteiger partial charge >= 0.3 is 5.97 Å². The Kier molecular flexibility index (Phi) is 3.92. The molecule has 0 saturated heterocycles. The fourth-order valence-corrected chi connectivity index (χ4v) is 0.376. The number of hydrogen-bond acceptors (Lipinski definition) is 4. The maximum absolute atomic E-state index is 10.5. The summed E-state index contributed by atoms with van der Waals surface area (Å²) in [6.45, 7) is -0.335. The Morgan fingerprint density at radius 1 is 1.90 bits per heavy atom. The van der Waals surface area contributed by atoms with E-state index in [0.29, 0.717) is 0 Å². The lowest BCUT2D eigenvalue weighted by molar-refractivity contribution is -0.135. The predicted octanol–water partition coefficient (Wildman–Crippen LogP) is -0.398. The molecule has 0 aromatic rings. The van der Waals surface area contributed by atoms with Crippen LogP contribution in [0, 0.1) is 11.3 Å². The van der Waals surface area contributed by atoms with Crippen LogP contribution < -0.4 is 0 Å². The van der Waals surface area contributed by atoms with Crippen LogP contribution in [0.3, 0.4) is 0 Å². The van der Waals surface area contributed by atoms with Gasteiger partial charge in [-0.25, -0.2) is 4.79 Å². The maximum Gasteiger partial charge on any atom is 0.348 e. The van der Waals surface area contributed by atoms with E-state index in [1.165, 1.54) is 7.11 Å². The molecule has 0 saturated carbocycles. The third-order valence-corrected chi connectivity index (χ3v) is 0.821. The van der Waals surface area contributed by atoms with E-state index in [9.17, 15) is 4.79 Å². The van der Waals surface area contributed by atoms with Crippen molar-refractivity contribution in [2.75, 3.05) is 13.7 Å². The van der Waals surface area contributed by atoms with Gasteiger partial charge in [0.05, 0.1) is 13.7 Å². The number of rotatable bonds is 2. The summed E-state index contributed by atoms with van der Waals surface area (Å²) >= 11 is 0. The Morgan fingerprint density at radius 2 is 2.50 bits per heavy atom. The van der Waals surface area contributed by atoms with Crippen molar-refractivity contribution in [3.05, 3.63) is 11.6 Å². The summed E-state index contributed by atoms with van der Waals surface area (Å²) < 4.78 is 4.21. The van der Waals surface area contributed by atoms with Gasteiger partial charge in [-0.2, -0.15) is 5.26 Å². The van der Waals surface area contributed by atoms with Crippen LogP contribution >= 0.6 is 0 Å². The van der Waals surface area contributed by atoms with Crippen molar-refractivity contribution in [3.63, 3.8) is 0 Å². The molecule has 0 atom stereocenters. The summed E-state index contributed by atoms with van der Waals surface area (Å²) in [6, 6.07) is 1.58. The smallest absolute Gasteiger partial charge is 0.348 e. The minimum atomic E-state index is -0.725. The molecule has 0 spiro atoms. The number of ether oxygens (including phenoxy) is 1. The largest absolute Gasteiger partial charge is 0.465 e. The first-order valence-corrected chi connectivity index (χ1v) is 2.55. The van der Waals surface area contributed by atoms with Crippen LogP contribution in [0.15, 0.2) is 11.6 Å². The number of aliphatic hydroxyl groups excluding tert-OH is 1. The molecule has 0 aromatic carbocycles. The topological polar surface area (TPSA) is 70.3 Å². The number of nitriles is 1. The van der Waals surface area contributed by atoms with Gasteiger partial charge in [0.15, 0.2) is 0 Å². The molecule has 4 heteroatoms. The highest BCUT2D eigenvalue weighted by Crippen LogP contribution is 1.93. The maximum atomic E-state index is 10.5. The van der Waals surface area contributed by atoms with E-state index in [0.717, 1.165) is 6.08 Å². The number of aliphatic hydroxyl groups is 1. The highest BCUT2D eigenvalue weighted by Gasteiger charge is 2.05. The second-order valence-electron chi connectivity index (χ2n) is 1.40. The minimum absolute atomic E-state index is 0.176. The summed E-state index contributed by atoms with van der Waals surface area (Å²) in [5.41, 5.74) is -0.176. The van der Waals surface area contributed by atoms with Crippen LogP contribution in [-0.4, -0.2) is 24.8 Å². The summed E-state index contributed by atoms with van der Waals surface area (Å²) in [5.74, 6) is -0.725. The molecule has 0 aliphatic rings. The van der Waals surface area contributed by atoms with Crippen LogP contribution in [0.5, 0.6) is 0 Å². The molecule has 0 aliphatic heterocycles. The monoisotopic (exact) mass is 141 g/mol. The standard InChI is InChI=1S/C6H7NO3/c1-10-6(9)5(4-7)2-3-8/h2,8H,3H2,1H3/b5-2+. The zero-order chi connectivity index (χ0) is 7.98. The van der Waals surface area contributed by atoms with E-state index < -0.39 is 5.97 Å². The molecule has 0 unspecified atom stereocenters. The van der Waals surface area contributed by atoms with Crippen LogP contribution in [0.25, 0.3) is 0 Å². The molecule has 0 fully saturated rings. The average molecular weight is 141 g/mol. The lowest BCUT2D eigenvalue weighted by Gasteiger charge is -1.92. The van der Waals surface area contributed by atoms with Gasteiger partial charge in [-0.05, 0) is 6.08 Å². The first-order valence-electron chi connectivity index (χ1n) is 2.55. The molecule has 0 heterocycles. The summed E-state index contributed by atoms with van der Waals surface area (Å²) in [6.07, 6.45) is 1.09. The second-order valence-corrected chi connectivity index (χ2v) is 1.40. The van der Waals surface area contributed by atoms with Crippen LogP contribution in [0.2, 0.25) is 0 Å². The average Bonchev–Trinajstić information content (AvgIpc) is 1.99. The molecule has 0 aliphatic carbocycles. The normalized spacial score (nSPS) is 10.3. The summed E-state index contributed by atoms with van der Waals surface area (Å²) in [7, 11) is 1.17. The highest BCUT2D eigenvalue weighted by atomic mass is 16.5. The van der Waals surface area contributed by atoms with E-state index in [-0.39, 0.29) is 12.2 Å². The molecular formula is C6H7NO3. The van der Waals surface area contributed by atoms with Crippen molar-refractivity contribution in [2.45, 2.75) is 0 Å². The van der Waals surface area contributed by atoms with Gasteiger partial charge in [-0.3, -0.25) is 0 Å². The number of esters is 1. The van der Waals surface area contributed by atoms with Gasteiger partial charge in [-0.1, -0.05) is 0 Å². The van der Waals surface area contributed by atoms with Crippen LogP contribution in [-0.2, 0) is 9.53 Å². The van der Waals surface area contributed by atoms with E-state index in [4.69, 9.17) is 10.4 Å². The first kappa shape index (κ1) is 8.66.